The molecule has 0 aliphatic rings. The summed E-state index contributed by atoms with van der Waals surface area (Å²) >= 11 is 5.06. The fourth-order valence-electron chi connectivity index (χ4n) is 0.180. The molecule has 0 aliphatic carbocycles. The monoisotopic (exact) mass is 148 g/mol. The van der Waals surface area contributed by atoms with Crippen LogP contribution in [0.15, 0.2) is 11.6 Å². The molecule has 0 aromatic carbocycles. The van der Waals surface area contributed by atoms with Crippen LogP contribution in [0.3, 0.4) is 0 Å². The second-order valence-corrected chi connectivity index (χ2v) is 1.68. The van der Waals surface area contributed by atoms with E-state index in [0.717, 1.165) is 0 Å². The maximum atomic E-state index is 10.3. The third-order valence-corrected chi connectivity index (χ3v) is 0.655. The van der Waals surface area contributed by atoms with Crippen LogP contribution in [0.2, 0.25) is 0 Å². The number of hydrogen-bond acceptors (Lipinski definition) is 2. The van der Waals surface area contributed by atoms with Crippen molar-refractivity contribution in [1.29, 1.82) is 0 Å². The van der Waals surface area contributed by atoms with Crippen molar-refractivity contribution in [2.45, 2.75) is 0 Å². The van der Waals surface area contributed by atoms with Gasteiger partial charge in [-0.2, -0.15) is 0 Å². The van der Waals surface area contributed by atoms with E-state index in [0.29, 0.717) is 0 Å². The van der Waals surface area contributed by atoms with Crippen molar-refractivity contribution in [3.05, 3.63) is 11.6 Å². The predicted molar refractivity (Wildman–Crippen MR) is 32.7 cm³/mol. The Bertz CT molecular complexity index is 166. The Morgan fingerprint density at radius 2 is 2.00 bits per heavy atom. The molecule has 0 atom stereocenters. The summed E-state index contributed by atoms with van der Waals surface area (Å²) in [6.45, 7) is 3.05. The highest BCUT2D eigenvalue weighted by Gasteiger charge is 2.04. The van der Waals surface area contributed by atoms with Gasteiger partial charge in [0, 0.05) is 0 Å². The van der Waals surface area contributed by atoms with Gasteiger partial charge < -0.3 is 5.73 Å². The van der Waals surface area contributed by atoms with E-state index in [1.54, 1.807) is 5.32 Å². The summed E-state index contributed by atoms with van der Waals surface area (Å²) in [6, 6.07) is -0.943. The Labute approximate surface area is 56.7 Å². The van der Waals surface area contributed by atoms with Gasteiger partial charge in [0.1, 0.15) is 0 Å². The molecule has 9 heavy (non-hydrogen) atoms. The number of amides is 3. The van der Waals surface area contributed by atoms with Crippen LogP contribution in [0.5, 0.6) is 0 Å². The number of hydrogen-bond donors (Lipinski definition) is 2. The van der Waals surface area contributed by atoms with E-state index >= 15 is 0 Å². The van der Waals surface area contributed by atoms with E-state index < -0.39 is 11.9 Å². The summed E-state index contributed by atoms with van der Waals surface area (Å²) in [5.74, 6) is -0.774. The van der Waals surface area contributed by atoms with E-state index in [2.05, 4.69) is 12.3 Å². The quantitative estimate of drug-likeness (QED) is 0.511. The number of halogens is 1. The molecule has 0 heterocycles. The van der Waals surface area contributed by atoms with Gasteiger partial charge in [0.2, 0.25) is 0 Å². The Hall–Kier alpha value is -1.03. The molecule has 0 aliphatic heterocycles. The minimum absolute atomic E-state index is 0.270. The second-order valence-electron chi connectivity index (χ2n) is 1.22. The van der Waals surface area contributed by atoms with Crippen LogP contribution in [-0.2, 0) is 4.79 Å². The van der Waals surface area contributed by atoms with E-state index in [1.807, 2.05) is 0 Å². The molecular weight excluding hydrogens is 144 g/mol. The molecule has 0 unspecified atom stereocenters. The smallest absolute Gasteiger partial charge is 0.319 e. The molecule has 0 aromatic rings. The lowest BCUT2D eigenvalue weighted by atomic mass is 10.6. The average molecular weight is 149 g/mol. The van der Waals surface area contributed by atoms with E-state index in [9.17, 15) is 9.59 Å². The highest BCUT2D eigenvalue weighted by Crippen LogP contribution is 1.93. The molecule has 4 nitrogen and oxygen atoms in total. The standard InChI is InChI=1S/C4H5ClN2O2/c1-2(5)3(8)7-4(6)9/h1H2,(H3,6,7,8,9). The van der Waals surface area contributed by atoms with Crippen LogP contribution in [0.25, 0.3) is 0 Å². The first-order valence-electron chi connectivity index (χ1n) is 1.99. The fourth-order valence-corrected chi connectivity index (χ4v) is 0.227. The van der Waals surface area contributed by atoms with Crippen LogP contribution in [0.4, 0.5) is 4.79 Å². The lowest BCUT2D eigenvalue weighted by Gasteiger charge is -1.94. The Morgan fingerprint density at radius 3 is 2.11 bits per heavy atom. The third-order valence-electron chi connectivity index (χ3n) is 0.483. The molecule has 50 valence electrons. The topological polar surface area (TPSA) is 72.2 Å². The van der Waals surface area contributed by atoms with Crippen LogP contribution in [0, 0.1) is 0 Å². The van der Waals surface area contributed by atoms with Crippen molar-refractivity contribution < 1.29 is 9.59 Å². The Balaban J connectivity index is 3.79. The molecular formula is C4H5ClN2O2. The lowest BCUT2D eigenvalue weighted by molar-refractivity contribution is -0.115. The van der Waals surface area contributed by atoms with Crippen molar-refractivity contribution in [3.63, 3.8) is 0 Å². The van der Waals surface area contributed by atoms with Crippen LogP contribution in [0.1, 0.15) is 0 Å². The van der Waals surface area contributed by atoms with Gasteiger partial charge in [-0.05, 0) is 0 Å². The van der Waals surface area contributed by atoms with Crippen molar-refractivity contribution in [1.82, 2.24) is 5.32 Å². The molecule has 3 N–H and O–H groups in total. The fraction of sp³-hybridized carbons (Fsp3) is 0. The van der Waals surface area contributed by atoms with Crippen molar-refractivity contribution in [3.8, 4) is 0 Å². The number of carbonyl (C=O) groups is 2. The number of imide groups is 1. The van der Waals surface area contributed by atoms with E-state index in [-0.39, 0.29) is 5.03 Å². The Morgan fingerprint density at radius 1 is 1.56 bits per heavy atom. The highest BCUT2D eigenvalue weighted by molar-refractivity contribution is 6.42. The maximum Gasteiger partial charge on any atom is 0.319 e. The minimum Gasteiger partial charge on any atom is -0.351 e. The van der Waals surface area contributed by atoms with Crippen molar-refractivity contribution in [2.24, 2.45) is 5.73 Å². The van der Waals surface area contributed by atoms with Gasteiger partial charge in [0.25, 0.3) is 5.91 Å². The molecule has 0 fully saturated rings. The first-order chi connectivity index (χ1) is 4.04. The summed E-state index contributed by atoms with van der Waals surface area (Å²) in [5.41, 5.74) is 4.56. The minimum atomic E-state index is -0.943. The number of nitrogens with two attached hydrogens (primary N) is 1. The molecule has 3 amide bonds. The summed E-state index contributed by atoms with van der Waals surface area (Å²) < 4.78 is 0. The number of nitrogens with one attached hydrogen (secondary N) is 1. The highest BCUT2D eigenvalue weighted by atomic mass is 35.5. The van der Waals surface area contributed by atoms with Crippen molar-refractivity contribution in [2.75, 3.05) is 0 Å². The number of rotatable bonds is 1. The number of primary amides is 1. The normalized spacial score (nSPS) is 8.11. The molecule has 0 spiro atoms. The van der Waals surface area contributed by atoms with Gasteiger partial charge in [0.15, 0.2) is 0 Å². The third kappa shape index (κ3) is 3.54. The maximum absolute atomic E-state index is 10.3. The first kappa shape index (κ1) is 7.97. The van der Waals surface area contributed by atoms with Gasteiger partial charge in [-0.25, -0.2) is 4.79 Å². The van der Waals surface area contributed by atoms with E-state index in [4.69, 9.17) is 11.6 Å². The first-order valence-corrected chi connectivity index (χ1v) is 2.37. The van der Waals surface area contributed by atoms with Gasteiger partial charge in [0.05, 0.1) is 5.03 Å². The molecule has 0 aromatic heterocycles. The zero-order valence-corrected chi connectivity index (χ0v) is 5.23. The zero-order chi connectivity index (χ0) is 7.44. The van der Waals surface area contributed by atoms with Crippen LogP contribution < -0.4 is 11.1 Å². The zero-order valence-electron chi connectivity index (χ0n) is 4.48. The van der Waals surface area contributed by atoms with Crippen LogP contribution >= 0.6 is 11.6 Å². The number of urea groups is 1. The lowest BCUT2D eigenvalue weighted by Crippen LogP contribution is -2.34. The van der Waals surface area contributed by atoms with E-state index in [1.165, 1.54) is 0 Å². The molecule has 0 radical (unpaired) electrons. The number of carbonyl (C=O) groups excluding carboxylic acids is 2. The summed E-state index contributed by atoms with van der Waals surface area (Å²) in [6.07, 6.45) is 0. The summed E-state index contributed by atoms with van der Waals surface area (Å²) in [7, 11) is 0. The molecule has 0 rings (SSSR count). The predicted octanol–water partition coefficient (Wildman–Crippen LogP) is -0.0662. The van der Waals surface area contributed by atoms with Gasteiger partial charge in [-0.15, -0.1) is 0 Å². The average Bonchev–Trinajstić information content (AvgIpc) is 1.63. The molecule has 0 bridgehead atoms. The van der Waals surface area contributed by atoms with Gasteiger partial charge in [-0.1, -0.05) is 18.2 Å². The van der Waals surface area contributed by atoms with Crippen molar-refractivity contribution >= 4 is 23.5 Å². The summed E-state index contributed by atoms with van der Waals surface area (Å²) in [4.78, 5) is 20.2. The van der Waals surface area contributed by atoms with Gasteiger partial charge in [-0.3, -0.25) is 10.1 Å². The summed E-state index contributed by atoms with van der Waals surface area (Å²) in [5, 5.41) is 1.44. The molecule has 5 heteroatoms. The van der Waals surface area contributed by atoms with Gasteiger partial charge >= 0.3 is 6.03 Å². The van der Waals surface area contributed by atoms with Crippen LogP contribution in [-0.4, -0.2) is 11.9 Å². The SMILES string of the molecule is C=C(Cl)C(=O)NC(N)=O. The second kappa shape index (κ2) is 3.09. The molecule has 0 saturated carbocycles. The molecule has 0 saturated heterocycles. The largest absolute Gasteiger partial charge is 0.351 e. The Kier molecular flexibility index (Phi) is 2.73.